The Bertz CT molecular complexity index is 640. The Hall–Kier alpha value is -2.10. The summed E-state index contributed by atoms with van der Waals surface area (Å²) in [5.41, 5.74) is 1.11. The summed E-state index contributed by atoms with van der Waals surface area (Å²) in [4.78, 5) is 24.1. The monoisotopic (exact) mass is 272 g/mol. The summed E-state index contributed by atoms with van der Waals surface area (Å²) >= 11 is 0. The zero-order valence-corrected chi connectivity index (χ0v) is 11.5. The Morgan fingerprint density at radius 3 is 2.60 bits per heavy atom. The van der Waals surface area contributed by atoms with Gasteiger partial charge in [0.25, 0.3) is 0 Å². The molecular weight excluding hydrogens is 256 g/mol. The van der Waals surface area contributed by atoms with Crippen LogP contribution in [0.25, 0.3) is 0 Å². The van der Waals surface area contributed by atoms with Gasteiger partial charge in [-0.3, -0.25) is 4.79 Å². The van der Waals surface area contributed by atoms with Crippen LogP contribution < -0.4 is 0 Å². The van der Waals surface area contributed by atoms with Crippen molar-refractivity contribution in [2.75, 3.05) is 0 Å². The van der Waals surface area contributed by atoms with Crippen LogP contribution in [0.4, 0.5) is 0 Å². The van der Waals surface area contributed by atoms with E-state index in [1.165, 1.54) is 0 Å². The second kappa shape index (κ2) is 4.20. The number of allylic oxidation sites excluding steroid dienone is 1. The minimum absolute atomic E-state index is 0.0424. The molecule has 0 spiro atoms. The van der Waals surface area contributed by atoms with Gasteiger partial charge in [-0.2, -0.15) is 0 Å². The average molecular weight is 272 g/mol. The first-order valence-corrected chi connectivity index (χ1v) is 6.64. The van der Waals surface area contributed by atoms with Gasteiger partial charge in [0.15, 0.2) is 11.9 Å². The maximum Gasteiger partial charge on any atom is 0.339 e. The average Bonchev–Trinajstić information content (AvgIpc) is 2.65. The van der Waals surface area contributed by atoms with E-state index < -0.39 is 12.1 Å². The normalized spacial score (nSPS) is 24.6. The van der Waals surface area contributed by atoms with Crippen LogP contribution in [-0.2, 0) is 9.53 Å². The number of aliphatic hydroxyl groups excluding tert-OH is 1. The molecule has 1 atom stereocenters. The van der Waals surface area contributed by atoms with Gasteiger partial charge in [0.1, 0.15) is 5.76 Å². The lowest BCUT2D eigenvalue weighted by Crippen LogP contribution is -2.28. The van der Waals surface area contributed by atoms with Gasteiger partial charge >= 0.3 is 5.97 Å². The highest BCUT2D eigenvalue weighted by molar-refractivity contribution is 6.02. The van der Waals surface area contributed by atoms with Gasteiger partial charge in [-0.15, -0.1) is 0 Å². The lowest BCUT2D eigenvalue weighted by molar-refractivity contribution is -0.119. The van der Waals surface area contributed by atoms with E-state index in [-0.39, 0.29) is 22.5 Å². The summed E-state index contributed by atoms with van der Waals surface area (Å²) in [6.07, 6.45) is 0.00898. The largest absolute Gasteiger partial charge is 0.512 e. The van der Waals surface area contributed by atoms with Crippen LogP contribution in [0.3, 0.4) is 0 Å². The SMILES string of the molecule is CC1(C)CC(=O)C(C2OC(=O)c3ccccc32)=C(O)C1. The summed E-state index contributed by atoms with van der Waals surface area (Å²) in [5.74, 6) is -0.544. The van der Waals surface area contributed by atoms with Crippen molar-refractivity contribution in [2.45, 2.75) is 32.8 Å². The van der Waals surface area contributed by atoms with Gasteiger partial charge in [-0.25, -0.2) is 4.79 Å². The molecule has 0 saturated carbocycles. The number of cyclic esters (lactones) is 1. The van der Waals surface area contributed by atoms with E-state index in [0.29, 0.717) is 24.0 Å². The number of fused-ring (bicyclic) bond motifs is 1. The maximum absolute atomic E-state index is 12.3. The zero-order chi connectivity index (χ0) is 14.5. The minimum Gasteiger partial charge on any atom is -0.512 e. The number of rotatable bonds is 1. The molecule has 0 fully saturated rings. The molecule has 0 aromatic heterocycles. The van der Waals surface area contributed by atoms with Crippen LogP contribution in [0.15, 0.2) is 35.6 Å². The van der Waals surface area contributed by atoms with E-state index in [1.807, 2.05) is 13.8 Å². The van der Waals surface area contributed by atoms with Crippen LogP contribution >= 0.6 is 0 Å². The molecule has 4 nitrogen and oxygen atoms in total. The molecule has 0 radical (unpaired) electrons. The molecule has 104 valence electrons. The number of hydrogen-bond acceptors (Lipinski definition) is 4. The number of aliphatic hydroxyl groups is 1. The molecule has 0 amide bonds. The summed E-state index contributed by atoms with van der Waals surface area (Å²) in [6.45, 7) is 3.87. The molecule has 20 heavy (non-hydrogen) atoms. The van der Waals surface area contributed by atoms with E-state index in [0.717, 1.165) is 0 Å². The summed E-state index contributed by atoms with van der Waals surface area (Å²) < 4.78 is 5.30. The van der Waals surface area contributed by atoms with Crippen molar-refractivity contribution in [3.8, 4) is 0 Å². The van der Waals surface area contributed by atoms with E-state index in [9.17, 15) is 14.7 Å². The van der Waals surface area contributed by atoms with Gasteiger partial charge in [-0.1, -0.05) is 32.0 Å². The van der Waals surface area contributed by atoms with Gasteiger partial charge in [0, 0.05) is 18.4 Å². The highest BCUT2D eigenvalue weighted by atomic mass is 16.5. The van der Waals surface area contributed by atoms with Crippen molar-refractivity contribution in [1.29, 1.82) is 0 Å². The second-order valence-corrected chi connectivity index (χ2v) is 6.17. The molecule has 1 N–H and O–H groups in total. The maximum atomic E-state index is 12.3. The molecule has 1 heterocycles. The third kappa shape index (κ3) is 1.92. The number of carbonyl (C=O) groups excluding carboxylic acids is 2. The van der Waals surface area contributed by atoms with E-state index in [2.05, 4.69) is 0 Å². The summed E-state index contributed by atoms with van der Waals surface area (Å²) in [6, 6.07) is 6.98. The fourth-order valence-corrected chi connectivity index (χ4v) is 2.96. The zero-order valence-electron chi connectivity index (χ0n) is 11.5. The molecule has 1 aliphatic heterocycles. The van der Waals surface area contributed by atoms with Crippen LogP contribution in [0.5, 0.6) is 0 Å². The first-order chi connectivity index (χ1) is 9.39. The molecule has 0 saturated heterocycles. The van der Waals surface area contributed by atoms with E-state index >= 15 is 0 Å². The van der Waals surface area contributed by atoms with Crippen molar-refractivity contribution in [2.24, 2.45) is 5.41 Å². The third-order valence-electron chi connectivity index (χ3n) is 3.85. The minimum atomic E-state index is -0.762. The third-order valence-corrected chi connectivity index (χ3v) is 3.85. The van der Waals surface area contributed by atoms with E-state index in [4.69, 9.17) is 4.74 Å². The smallest absolute Gasteiger partial charge is 0.339 e. The van der Waals surface area contributed by atoms with Gasteiger partial charge in [0.05, 0.1) is 11.1 Å². The Morgan fingerprint density at radius 2 is 1.90 bits per heavy atom. The van der Waals surface area contributed by atoms with Crippen LogP contribution in [0, 0.1) is 5.41 Å². The van der Waals surface area contributed by atoms with E-state index in [1.54, 1.807) is 24.3 Å². The number of ether oxygens (including phenoxy) is 1. The quantitative estimate of drug-likeness (QED) is 0.798. The summed E-state index contributed by atoms with van der Waals surface area (Å²) in [5, 5.41) is 10.2. The number of benzene rings is 1. The number of hydrogen-bond donors (Lipinski definition) is 1. The molecule has 1 aliphatic carbocycles. The van der Waals surface area contributed by atoms with Crippen molar-refractivity contribution >= 4 is 11.8 Å². The number of esters is 1. The standard InChI is InChI=1S/C16H16O4/c1-16(2)7-11(17)13(12(18)8-16)14-9-5-3-4-6-10(9)15(19)20-14/h3-6,14,17H,7-8H2,1-2H3. The van der Waals surface area contributed by atoms with Gasteiger partial charge < -0.3 is 9.84 Å². The highest BCUT2D eigenvalue weighted by Crippen LogP contribution is 2.44. The molecule has 3 rings (SSSR count). The molecule has 1 unspecified atom stereocenters. The Labute approximate surface area is 117 Å². The fraction of sp³-hybridized carbons (Fsp3) is 0.375. The van der Waals surface area contributed by atoms with Crippen molar-refractivity contribution in [3.63, 3.8) is 0 Å². The predicted molar refractivity (Wildman–Crippen MR) is 72.3 cm³/mol. The van der Waals surface area contributed by atoms with Crippen molar-refractivity contribution in [3.05, 3.63) is 46.7 Å². The molecule has 2 aliphatic rings. The number of Topliss-reactive ketones (excluding diaryl/α,β-unsaturated/α-hetero) is 1. The lowest BCUT2D eigenvalue weighted by atomic mass is 9.75. The van der Waals surface area contributed by atoms with Crippen LogP contribution in [-0.4, -0.2) is 16.9 Å². The van der Waals surface area contributed by atoms with Gasteiger partial charge in [0.2, 0.25) is 0 Å². The first kappa shape index (κ1) is 12.9. The Morgan fingerprint density at radius 1 is 1.20 bits per heavy atom. The summed E-state index contributed by atoms with van der Waals surface area (Å²) in [7, 11) is 0. The predicted octanol–water partition coefficient (Wildman–Crippen LogP) is 3.10. The topological polar surface area (TPSA) is 63.6 Å². The molecule has 1 aromatic rings. The van der Waals surface area contributed by atoms with Crippen molar-refractivity contribution in [1.82, 2.24) is 0 Å². The van der Waals surface area contributed by atoms with Crippen LogP contribution in [0.2, 0.25) is 0 Å². The van der Waals surface area contributed by atoms with Crippen molar-refractivity contribution < 1.29 is 19.4 Å². The fourth-order valence-electron chi connectivity index (χ4n) is 2.96. The van der Waals surface area contributed by atoms with Gasteiger partial charge in [-0.05, 0) is 11.5 Å². The number of carbonyl (C=O) groups is 2. The lowest BCUT2D eigenvalue weighted by Gasteiger charge is -2.31. The molecule has 0 bridgehead atoms. The Balaban J connectivity index is 2.07. The first-order valence-electron chi connectivity index (χ1n) is 6.64. The number of ketones is 1. The highest BCUT2D eigenvalue weighted by Gasteiger charge is 2.42. The Kier molecular flexibility index (Phi) is 2.71. The molecular formula is C16H16O4. The van der Waals surface area contributed by atoms with Crippen LogP contribution in [0.1, 0.15) is 48.7 Å². The second-order valence-electron chi connectivity index (χ2n) is 6.17. The molecule has 4 heteroatoms. The molecule has 1 aromatic carbocycles.